The molecule has 1 aromatic heterocycles. The van der Waals surface area contributed by atoms with E-state index in [2.05, 4.69) is 107 Å². The lowest BCUT2D eigenvalue weighted by Crippen LogP contribution is -2.68. The Balaban J connectivity index is 2.00. The van der Waals surface area contributed by atoms with Crippen molar-refractivity contribution in [2.24, 2.45) is 7.05 Å². The average molecular weight is 458 g/mol. The van der Waals surface area contributed by atoms with Gasteiger partial charge in [-0.15, -0.1) is 0 Å². The summed E-state index contributed by atoms with van der Waals surface area (Å²) in [6.07, 6.45) is 10.8. The monoisotopic (exact) mass is 457 g/mol. The highest BCUT2D eigenvalue weighted by atomic mass is 15.2. The number of nitrogens with zero attached hydrogens (tertiary/aromatic N) is 2. The summed E-state index contributed by atoms with van der Waals surface area (Å²) < 4.78 is 5.13. The number of aromatic nitrogens is 2. The van der Waals surface area contributed by atoms with Crippen LogP contribution in [0.25, 0.3) is 22.6 Å². The van der Waals surface area contributed by atoms with E-state index in [1.165, 1.54) is 71.4 Å². The maximum Gasteiger partial charge on any atom is 0.289 e. The predicted octanol–water partition coefficient (Wildman–Crippen LogP) is 8.19. The summed E-state index contributed by atoms with van der Waals surface area (Å²) in [7, 11) is 2.27. The second-order valence-corrected chi connectivity index (χ2v) is 10.8. The van der Waals surface area contributed by atoms with Crippen molar-refractivity contribution in [2.45, 2.75) is 104 Å². The van der Waals surface area contributed by atoms with Gasteiger partial charge in [0.15, 0.2) is 5.69 Å². The molecule has 0 saturated carbocycles. The first kappa shape index (κ1) is 24.8. The van der Waals surface area contributed by atoms with Crippen LogP contribution in [0.5, 0.6) is 0 Å². The van der Waals surface area contributed by atoms with Gasteiger partial charge in [0.2, 0.25) is 0 Å². The fourth-order valence-electron chi connectivity index (χ4n) is 7.15. The second-order valence-electron chi connectivity index (χ2n) is 10.8. The summed E-state index contributed by atoms with van der Waals surface area (Å²) in [5, 5.41) is 0. The molecular weight excluding hydrogens is 412 g/mol. The first-order valence-electron chi connectivity index (χ1n) is 13.6. The molecule has 0 spiro atoms. The van der Waals surface area contributed by atoms with Crippen LogP contribution < -0.4 is 4.57 Å². The summed E-state index contributed by atoms with van der Waals surface area (Å²) in [6.45, 7) is 16.5. The van der Waals surface area contributed by atoms with Crippen molar-refractivity contribution in [3.05, 3.63) is 64.8 Å². The number of hydrogen-bond donors (Lipinski definition) is 0. The smallest absolute Gasteiger partial charge is 0.226 e. The fraction of sp³-hybridized carbons (Fsp3) is 0.531. The van der Waals surface area contributed by atoms with E-state index in [1.54, 1.807) is 5.56 Å². The zero-order valence-electron chi connectivity index (χ0n) is 22.9. The van der Waals surface area contributed by atoms with E-state index in [0.29, 0.717) is 0 Å². The number of fused-ring (bicyclic) bond motifs is 3. The SMILES string of the molecule is CCCCc1cc(C)c(-c2c[n+]3c(n2C)-c2ccccc2C(CC)(CCC)C3(C)CC)c(C)c1. The molecule has 0 amide bonds. The Kier molecular flexibility index (Phi) is 6.82. The Labute approximate surface area is 208 Å². The zero-order valence-corrected chi connectivity index (χ0v) is 22.9. The molecule has 0 fully saturated rings. The second kappa shape index (κ2) is 9.36. The molecule has 0 saturated heterocycles. The maximum absolute atomic E-state index is 2.66. The molecule has 3 aromatic rings. The van der Waals surface area contributed by atoms with Crippen LogP contribution >= 0.6 is 0 Å². The summed E-state index contributed by atoms with van der Waals surface area (Å²) in [5.74, 6) is 1.35. The molecule has 2 atom stereocenters. The predicted molar refractivity (Wildman–Crippen MR) is 145 cm³/mol. The number of imidazole rings is 1. The van der Waals surface area contributed by atoms with Crippen LogP contribution in [0.15, 0.2) is 42.6 Å². The van der Waals surface area contributed by atoms with E-state index in [1.807, 2.05) is 0 Å². The Morgan fingerprint density at radius 1 is 0.912 bits per heavy atom. The first-order chi connectivity index (χ1) is 16.3. The van der Waals surface area contributed by atoms with Crippen molar-refractivity contribution < 1.29 is 4.57 Å². The van der Waals surface area contributed by atoms with Gasteiger partial charge < -0.3 is 0 Å². The topological polar surface area (TPSA) is 8.81 Å². The van der Waals surface area contributed by atoms with Crippen LogP contribution in [0.3, 0.4) is 0 Å². The fourth-order valence-corrected chi connectivity index (χ4v) is 7.15. The molecule has 0 N–H and O–H groups in total. The zero-order chi connectivity index (χ0) is 24.7. The van der Waals surface area contributed by atoms with Crippen LogP contribution in [0.4, 0.5) is 0 Å². The molecule has 34 heavy (non-hydrogen) atoms. The molecule has 1 aliphatic heterocycles. The molecule has 1 aliphatic rings. The molecule has 4 rings (SSSR count). The van der Waals surface area contributed by atoms with Crippen LogP contribution in [0, 0.1) is 13.8 Å². The van der Waals surface area contributed by atoms with Gasteiger partial charge in [0.1, 0.15) is 11.7 Å². The summed E-state index contributed by atoms with van der Waals surface area (Å²) in [4.78, 5) is 0. The van der Waals surface area contributed by atoms with Crippen molar-refractivity contribution in [3.63, 3.8) is 0 Å². The summed E-state index contributed by atoms with van der Waals surface area (Å²) >= 11 is 0. The lowest BCUT2D eigenvalue weighted by Gasteiger charge is -2.50. The van der Waals surface area contributed by atoms with Gasteiger partial charge in [-0.1, -0.05) is 70.9 Å². The van der Waals surface area contributed by atoms with E-state index in [4.69, 9.17) is 0 Å². The lowest BCUT2D eigenvalue weighted by molar-refractivity contribution is -0.765. The Bertz CT molecular complexity index is 1160. The molecule has 0 radical (unpaired) electrons. The molecule has 2 unspecified atom stereocenters. The van der Waals surface area contributed by atoms with Crippen LogP contribution in [0.1, 0.15) is 95.4 Å². The highest BCUT2D eigenvalue weighted by molar-refractivity contribution is 5.72. The molecule has 2 heteroatoms. The van der Waals surface area contributed by atoms with Crippen molar-refractivity contribution in [1.82, 2.24) is 4.57 Å². The van der Waals surface area contributed by atoms with Gasteiger partial charge in [0.25, 0.3) is 5.82 Å². The normalized spacial score (nSPS) is 21.4. The third kappa shape index (κ3) is 3.48. The first-order valence-corrected chi connectivity index (χ1v) is 13.6. The third-order valence-electron chi connectivity index (χ3n) is 9.04. The quantitative estimate of drug-likeness (QED) is 0.301. The lowest BCUT2D eigenvalue weighted by atomic mass is 9.58. The Morgan fingerprint density at radius 3 is 2.18 bits per heavy atom. The maximum atomic E-state index is 2.66. The minimum absolute atomic E-state index is 0.0281. The average Bonchev–Trinajstić information content (AvgIpc) is 3.17. The van der Waals surface area contributed by atoms with E-state index in [9.17, 15) is 0 Å². The van der Waals surface area contributed by atoms with E-state index >= 15 is 0 Å². The van der Waals surface area contributed by atoms with Gasteiger partial charge in [-0.3, -0.25) is 0 Å². The van der Waals surface area contributed by atoms with Gasteiger partial charge in [-0.05, 0) is 81.2 Å². The molecule has 0 bridgehead atoms. The minimum Gasteiger partial charge on any atom is -0.226 e. The van der Waals surface area contributed by atoms with Crippen molar-refractivity contribution in [2.75, 3.05) is 0 Å². The molecule has 182 valence electrons. The van der Waals surface area contributed by atoms with Gasteiger partial charge >= 0.3 is 0 Å². The molecule has 2 nitrogen and oxygen atoms in total. The number of benzene rings is 2. The Hall–Kier alpha value is -2.35. The molecule has 0 aliphatic carbocycles. The summed E-state index contributed by atoms with van der Waals surface area (Å²) in [5.41, 5.74) is 10.1. The van der Waals surface area contributed by atoms with Crippen molar-refractivity contribution in [1.29, 1.82) is 0 Å². The highest BCUT2D eigenvalue weighted by Gasteiger charge is 2.57. The highest BCUT2D eigenvalue weighted by Crippen LogP contribution is 2.53. The number of rotatable bonds is 8. The summed E-state index contributed by atoms with van der Waals surface area (Å²) in [6, 6.07) is 14.1. The van der Waals surface area contributed by atoms with E-state index in [-0.39, 0.29) is 11.0 Å². The molecule has 2 heterocycles. The van der Waals surface area contributed by atoms with E-state index < -0.39 is 0 Å². The standard InChI is InChI=1S/C32H45N2/c1-9-13-16-25-20-23(5)29(24(6)21-25)28-22-34-30(33(28)8)26-17-14-15-18-27(26)32(12-4,19-10-2)31(34,7)11-3/h14-15,17-18,20-22H,9-13,16,19H2,1-8H3/q+1. The molecule has 2 aromatic carbocycles. The third-order valence-corrected chi connectivity index (χ3v) is 9.04. The van der Waals surface area contributed by atoms with Crippen LogP contribution in [0.2, 0.25) is 0 Å². The van der Waals surface area contributed by atoms with Crippen LogP contribution in [-0.2, 0) is 24.4 Å². The number of aryl methyl sites for hydroxylation is 3. The van der Waals surface area contributed by atoms with Gasteiger partial charge in [-0.2, -0.15) is 0 Å². The number of unbranched alkanes of at least 4 members (excludes halogenated alkanes) is 1. The van der Waals surface area contributed by atoms with Gasteiger partial charge in [0, 0.05) is 11.0 Å². The Morgan fingerprint density at radius 2 is 1.59 bits per heavy atom. The van der Waals surface area contributed by atoms with Gasteiger partial charge in [0.05, 0.1) is 12.6 Å². The van der Waals surface area contributed by atoms with Crippen molar-refractivity contribution in [3.8, 4) is 22.6 Å². The van der Waals surface area contributed by atoms with Crippen molar-refractivity contribution >= 4 is 0 Å². The van der Waals surface area contributed by atoms with Crippen LogP contribution in [-0.4, -0.2) is 4.57 Å². The van der Waals surface area contributed by atoms with Gasteiger partial charge in [-0.25, -0.2) is 9.13 Å². The van der Waals surface area contributed by atoms with E-state index in [0.717, 1.165) is 12.8 Å². The number of hydrogen-bond acceptors (Lipinski definition) is 0. The largest absolute Gasteiger partial charge is 0.289 e. The molecular formula is C32H45N2+. The minimum atomic E-state index is 0.0281.